The zero-order chi connectivity index (χ0) is 17.3. The molecule has 1 unspecified atom stereocenters. The molecule has 0 radical (unpaired) electrons. The fraction of sp³-hybridized carbons (Fsp3) is 0.167. The lowest BCUT2D eigenvalue weighted by Crippen LogP contribution is -2.37. The second-order valence-electron chi connectivity index (χ2n) is 5.36. The molecule has 0 bridgehead atoms. The smallest absolute Gasteiger partial charge is 0.305 e. The average molecular weight is 349 g/mol. The molecule has 0 spiro atoms. The van der Waals surface area contributed by atoms with E-state index < -0.39 is 18.1 Å². The summed E-state index contributed by atoms with van der Waals surface area (Å²) in [5.41, 5.74) is 2.72. The maximum absolute atomic E-state index is 12.6. The first-order chi connectivity index (χ1) is 11.5. The van der Waals surface area contributed by atoms with E-state index in [4.69, 9.17) is 16.3 Å². The average Bonchev–Trinajstić information content (AvgIpc) is 2.66. The van der Waals surface area contributed by atoms with Crippen LogP contribution in [0.25, 0.3) is 0 Å². The van der Waals surface area contributed by atoms with Crippen LogP contribution in [0.1, 0.15) is 18.1 Å². The molecule has 1 atom stereocenters. The number of carbonyl (C=O) groups is 2. The normalized spacial score (nSPS) is 17.0. The topological polar surface area (TPSA) is 59.0 Å². The third kappa shape index (κ3) is 3.03. The molecule has 1 heterocycles. The first-order valence-corrected chi connectivity index (χ1v) is 7.73. The maximum atomic E-state index is 12.6. The first-order valence-electron chi connectivity index (χ1n) is 7.35. The summed E-state index contributed by atoms with van der Waals surface area (Å²) in [6.07, 6.45) is -1.23. The van der Waals surface area contributed by atoms with Crippen molar-refractivity contribution in [1.29, 1.82) is 0 Å². The molecular formula is C18H15ClN2O3. The van der Waals surface area contributed by atoms with Gasteiger partial charge in [0, 0.05) is 30.1 Å². The van der Waals surface area contributed by atoms with Gasteiger partial charge in [-0.05, 0) is 18.2 Å². The zero-order valence-corrected chi connectivity index (χ0v) is 13.9. The minimum atomic E-state index is -1.23. The van der Waals surface area contributed by atoms with Gasteiger partial charge in [-0.1, -0.05) is 41.9 Å². The Balaban J connectivity index is 2.24. The van der Waals surface area contributed by atoms with E-state index in [2.05, 4.69) is 4.99 Å². The molecule has 1 aliphatic rings. The van der Waals surface area contributed by atoms with Gasteiger partial charge in [0.05, 0.1) is 11.4 Å². The van der Waals surface area contributed by atoms with E-state index in [0.717, 1.165) is 5.56 Å². The van der Waals surface area contributed by atoms with Gasteiger partial charge in [0.2, 0.25) is 0 Å². The van der Waals surface area contributed by atoms with Crippen molar-refractivity contribution < 1.29 is 14.3 Å². The minimum Gasteiger partial charge on any atom is -0.430 e. The van der Waals surface area contributed by atoms with E-state index in [9.17, 15) is 9.59 Å². The number of fused-ring (bicyclic) bond motifs is 1. The summed E-state index contributed by atoms with van der Waals surface area (Å²) in [6, 6.07) is 14.6. The van der Waals surface area contributed by atoms with E-state index in [1.807, 2.05) is 30.3 Å². The number of carbonyl (C=O) groups excluding carboxylic acids is 2. The predicted molar refractivity (Wildman–Crippen MR) is 92.5 cm³/mol. The Hall–Kier alpha value is -2.66. The predicted octanol–water partition coefficient (Wildman–Crippen LogP) is 3.04. The second-order valence-corrected chi connectivity index (χ2v) is 5.80. The van der Waals surface area contributed by atoms with Gasteiger partial charge in [-0.25, -0.2) is 4.99 Å². The molecule has 24 heavy (non-hydrogen) atoms. The lowest BCUT2D eigenvalue weighted by atomic mass is 10.2. The molecule has 0 N–H and O–H groups in total. The number of anilines is 1. The van der Waals surface area contributed by atoms with E-state index in [0.29, 0.717) is 22.0 Å². The van der Waals surface area contributed by atoms with Crippen LogP contribution < -0.4 is 4.90 Å². The van der Waals surface area contributed by atoms with Crippen LogP contribution in [-0.2, 0) is 14.3 Å². The molecular weight excluding hydrogens is 334 g/mol. The van der Waals surface area contributed by atoms with Crippen molar-refractivity contribution in [2.45, 2.75) is 13.2 Å². The van der Waals surface area contributed by atoms with Crippen molar-refractivity contribution in [2.75, 3.05) is 11.9 Å². The maximum Gasteiger partial charge on any atom is 0.305 e. The molecule has 5 nitrogen and oxygen atoms in total. The summed E-state index contributed by atoms with van der Waals surface area (Å²) >= 11 is 6.14. The Labute approximate surface area is 144 Å². The van der Waals surface area contributed by atoms with Crippen molar-refractivity contribution in [3.05, 3.63) is 64.7 Å². The highest BCUT2D eigenvalue weighted by atomic mass is 35.5. The van der Waals surface area contributed by atoms with Gasteiger partial charge in [-0.2, -0.15) is 0 Å². The van der Waals surface area contributed by atoms with E-state index in [1.165, 1.54) is 11.8 Å². The molecule has 2 aromatic rings. The highest BCUT2D eigenvalue weighted by Crippen LogP contribution is 2.30. The SMILES string of the molecule is CC(=O)OC1N=C(c2ccccc2)[13c]2[13cH][13c](Cl)[13cH][13cH][13c]2N(C)C1=O. The number of esters is 1. The van der Waals surface area contributed by atoms with E-state index in [1.54, 1.807) is 25.2 Å². The Kier molecular flexibility index (Phi) is 4.36. The molecule has 2 aromatic carbocycles. The highest BCUT2D eigenvalue weighted by Gasteiger charge is 2.32. The summed E-state index contributed by atoms with van der Waals surface area (Å²) in [7, 11) is 1.62. The lowest BCUT2D eigenvalue weighted by molar-refractivity contribution is -0.152. The van der Waals surface area contributed by atoms with Crippen molar-refractivity contribution >= 4 is 34.9 Å². The van der Waals surface area contributed by atoms with Gasteiger partial charge >= 0.3 is 5.97 Å². The molecule has 122 valence electrons. The summed E-state index contributed by atoms with van der Waals surface area (Å²) < 4.78 is 5.12. The van der Waals surface area contributed by atoms with Crippen molar-refractivity contribution in [1.82, 2.24) is 0 Å². The minimum absolute atomic E-state index is 0.417. The highest BCUT2D eigenvalue weighted by molar-refractivity contribution is 6.32. The molecule has 1 amide bonds. The van der Waals surface area contributed by atoms with Gasteiger partial charge < -0.3 is 9.64 Å². The van der Waals surface area contributed by atoms with Gasteiger partial charge in [0.1, 0.15) is 0 Å². The van der Waals surface area contributed by atoms with Crippen LogP contribution in [0.3, 0.4) is 0 Å². The zero-order valence-electron chi connectivity index (χ0n) is 13.2. The number of halogens is 1. The fourth-order valence-electron chi connectivity index (χ4n) is 2.58. The molecule has 0 saturated heterocycles. The van der Waals surface area contributed by atoms with Gasteiger partial charge in [0.25, 0.3) is 12.1 Å². The molecule has 0 fully saturated rings. The van der Waals surface area contributed by atoms with Gasteiger partial charge in [-0.3, -0.25) is 9.59 Å². The van der Waals surface area contributed by atoms with Crippen LogP contribution >= 0.6 is 11.6 Å². The lowest BCUT2D eigenvalue weighted by Gasteiger charge is -2.20. The largest absolute Gasteiger partial charge is 0.430 e. The summed E-state index contributed by atoms with van der Waals surface area (Å²) in [4.78, 5) is 29.8. The number of hydrogen-bond donors (Lipinski definition) is 0. The summed E-state index contributed by atoms with van der Waals surface area (Å²) in [5.74, 6) is -0.985. The Bertz CT molecular complexity index is 833. The van der Waals surface area contributed by atoms with Crippen LogP contribution in [0, 0.1) is 0 Å². The Morgan fingerprint density at radius 3 is 2.58 bits per heavy atom. The van der Waals surface area contributed by atoms with E-state index in [-0.39, 0.29) is 0 Å². The quantitative estimate of drug-likeness (QED) is 0.784. The standard InChI is InChI=1S/C18H15ClN2O3/c1-11(22)24-17-18(23)21(2)15-9-8-13(19)10-14(15)16(20-17)12-6-4-3-5-7-12/h3-10,17H,1-2H3/i8+1,9+1,10+1,13+1,14+1,15+1. The van der Waals surface area contributed by atoms with Crippen LogP contribution in [0.2, 0.25) is 5.02 Å². The number of ether oxygens (including phenoxy) is 1. The number of amides is 1. The third-order valence-electron chi connectivity index (χ3n) is 3.69. The van der Waals surface area contributed by atoms with Crippen molar-refractivity contribution in [2.24, 2.45) is 4.99 Å². The number of likely N-dealkylation sites (N-methyl/N-ethyl adjacent to an activating group) is 1. The fourth-order valence-corrected chi connectivity index (χ4v) is 2.75. The second kappa shape index (κ2) is 6.45. The molecule has 1 aliphatic heterocycles. The van der Waals surface area contributed by atoms with E-state index >= 15 is 0 Å². The molecule has 0 saturated carbocycles. The number of benzene rings is 2. The molecule has 6 heteroatoms. The Morgan fingerprint density at radius 1 is 1.21 bits per heavy atom. The van der Waals surface area contributed by atoms with Crippen LogP contribution in [0.5, 0.6) is 0 Å². The van der Waals surface area contributed by atoms with Crippen LogP contribution in [0.15, 0.2) is 53.5 Å². The number of rotatable bonds is 2. The third-order valence-corrected chi connectivity index (χ3v) is 3.92. The van der Waals surface area contributed by atoms with Gasteiger partial charge in [-0.15, -0.1) is 0 Å². The monoisotopic (exact) mass is 348 g/mol. The molecule has 0 aliphatic carbocycles. The number of nitrogens with zero attached hydrogens (tertiary/aromatic N) is 2. The Morgan fingerprint density at radius 2 is 1.92 bits per heavy atom. The molecule has 3 rings (SSSR count). The van der Waals surface area contributed by atoms with Crippen LogP contribution in [0.4, 0.5) is 5.69 Å². The summed E-state index contributed by atoms with van der Waals surface area (Å²) in [5, 5.41) is 0.532. The number of hydrogen-bond acceptors (Lipinski definition) is 4. The number of aliphatic imine (C=N–C) groups is 1. The number of benzodiazepines with no additional fused rings is 1. The first kappa shape index (κ1) is 16.2. The van der Waals surface area contributed by atoms with Gasteiger partial charge in [0.15, 0.2) is 0 Å². The molecule has 0 aromatic heterocycles. The van der Waals surface area contributed by atoms with Crippen molar-refractivity contribution in [3.8, 4) is 0 Å². The van der Waals surface area contributed by atoms with Crippen molar-refractivity contribution in [3.63, 3.8) is 0 Å². The summed E-state index contributed by atoms with van der Waals surface area (Å²) in [6.45, 7) is 1.25. The van der Waals surface area contributed by atoms with Crippen LogP contribution in [-0.4, -0.2) is 30.9 Å².